The molecule has 0 fully saturated rings. The van der Waals surface area contributed by atoms with Gasteiger partial charge < -0.3 is 8.98 Å². The lowest BCUT2D eigenvalue weighted by Gasteiger charge is -2.08. The fourth-order valence-corrected chi connectivity index (χ4v) is 3.86. The number of nitrogens with zero attached hydrogens (tertiary/aromatic N) is 2. The van der Waals surface area contributed by atoms with Gasteiger partial charge in [-0.15, -0.1) is 28.3 Å². The molecule has 0 aliphatic heterocycles. The van der Waals surface area contributed by atoms with Crippen LogP contribution in [0.1, 0.15) is 5.76 Å². The summed E-state index contributed by atoms with van der Waals surface area (Å²) < 4.78 is 7.66. The molecule has 2 aromatic heterocycles. The number of hydrogen-bond acceptors (Lipinski definition) is 3. The first kappa shape index (κ1) is 20.0. The molecule has 0 radical (unpaired) electrons. The van der Waals surface area contributed by atoms with E-state index in [0.717, 1.165) is 27.5 Å². The summed E-state index contributed by atoms with van der Waals surface area (Å²) in [6, 6.07) is 19.4. The van der Waals surface area contributed by atoms with Crippen LogP contribution < -0.4 is 4.80 Å². The third kappa shape index (κ3) is 4.55. The number of rotatable bonds is 4. The summed E-state index contributed by atoms with van der Waals surface area (Å²) in [6.45, 7) is 0.581. The Morgan fingerprint density at radius 1 is 0.963 bits per heavy atom. The van der Waals surface area contributed by atoms with E-state index in [1.807, 2.05) is 60.7 Å². The first-order chi connectivity index (χ1) is 12.7. The lowest BCUT2D eigenvalue weighted by Crippen LogP contribution is -2.16. The van der Waals surface area contributed by atoms with Gasteiger partial charge in [0.1, 0.15) is 5.76 Å². The van der Waals surface area contributed by atoms with Gasteiger partial charge in [-0.2, -0.15) is 0 Å². The summed E-state index contributed by atoms with van der Waals surface area (Å²) in [6.07, 6.45) is 1.68. The third-order valence-electron chi connectivity index (χ3n) is 3.89. The molecule has 0 aliphatic carbocycles. The zero-order valence-corrected chi connectivity index (χ0v) is 18.1. The van der Waals surface area contributed by atoms with Gasteiger partial charge in [0.05, 0.1) is 34.2 Å². The van der Waals surface area contributed by atoms with Crippen molar-refractivity contribution in [3.8, 4) is 11.3 Å². The van der Waals surface area contributed by atoms with Gasteiger partial charge in [-0.3, -0.25) is 0 Å². The molecule has 0 atom stereocenters. The van der Waals surface area contributed by atoms with E-state index >= 15 is 0 Å². The predicted molar refractivity (Wildman–Crippen MR) is 118 cm³/mol. The van der Waals surface area contributed by atoms with Gasteiger partial charge in [-0.05, 0) is 36.4 Å². The molecule has 0 bridgehead atoms. The second-order valence-corrected chi connectivity index (χ2v) is 7.30. The molecule has 0 amide bonds. The van der Waals surface area contributed by atoms with E-state index in [-0.39, 0.29) is 17.0 Å². The number of hydrogen-bond donors (Lipinski definition) is 0. The maximum Gasteiger partial charge on any atom is 0.190 e. The second kappa shape index (κ2) is 8.93. The molecule has 4 aromatic rings. The summed E-state index contributed by atoms with van der Waals surface area (Å²) >= 11 is 13.9. The fraction of sp³-hybridized carbons (Fsp3) is 0.0500. The first-order valence-corrected chi connectivity index (χ1v) is 9.60. The maximum absolute atomic E-state index is 6.22. The highest BCUT2D eigenvalue weighted by Crippen LogP contribution is 2.29. The Balaban J connectivity index is 0.00000210. The van der Waals surface area contributed by atoms with E-state index in [0.29, 0.717) is 16.6 Å². The quantitative estimate of drug-likeness (QED) is 0.309. The Morgan fingerprint density at radius 3 is 2.48 bits per heavy atom. The number of aromatic nitrogens is 1. The average molecular weight is 482 g/mol. The molecule has 2 heterocycles. The molecule has 7 heteroatoms. The predicted octanol–water partition coefficient (Wildman–Crippen LogP) is 6.98. The van der Waals surface area contributed by atoms with Crippen LogP contribution in [0.4, 0.5) is 5.69 Å². The van der Waals surface area contributed by atoms with E-state index in [1.165, 1.54) is 0 Å². The summed E-state index contributed by atoms with van der Waals surface area (Å²) in [5.74, 6) is 0.860. The van der Waals surface area contributed by atoms with Gasteiger partial charge >= 0.3 is 0 Å². The van der Waals surface area contributed by atoms with Crippen LogP contribution in [-0.4, -0.2) is 4.57 Å². The van der Waals surface area contributed by atoms with E-state index < -0.39 is 0 Å². The molecule has 0 saturated heterocycles. The van der Waals surface area contributed by atoms with Crippen LogP contribution in [0.5, 0.6) is 0 Å². The van der Waals surface area contributed by atoms with Crippen LogP contribution in [-0.2, 0) is 6.54 Å². The van der Waals surface area contributed by atoms with Crippen molar-refractivity contribution >= 4 is 57.2 Å². The average Bonchev–Trinajstić information content (AvgIpc) is 3.30. The number of thiazole rings is 1. The van der Waals surface area contributed by atoms with Crippen molar-refractivity contribution in [1.29, 1.82) is 0 Å². The molecular formula is C20H15BrCl2N2OS. The Kier molecular flexibility index (Phi) is 6.60. The Labute approximate surface area is 181 Å². The zero-order chi connectivity index (χ0) is 17.9. The Morgan fingerprint density at radius 2 is 1.78 bits per heavy atom. The third-order valence-corrected chi connectivity index (χ3v) is 5.49. The van der Waals surface area contributed by atoms with Crippen LogP contribution in [0.3, 0.4) is 0 Å². The van der Waals surface area contributed by atoms with Gasteiger partial charge in [0, 0.05) is 10.9 Å². The molecular weight excluding hydrogens is 467 g/mol. The summed E-state index contributed by atoms with van der Waals surface area (Å²) in [5, 5.41) is 3.14. The van der Waals surface area contributed by atoms with Crippen molar-refractivity contribution < 1.29 is 4.42 Å². The second-order valence-electron chi connectivity index (χ2n) is 5.65. The summed E-state index contributed by atoms with van der Waals surface area (Å²) in [7, 11) is 0. The highest BCUT2D eigenvalue weighted by atomic mass is 79.9. The Bertz CT molecular complexity index is 1090. The van der Waals surface area contributed by atoms with Crippen LogP contribution in [0.15, 0.2) is 81.7 Å². The summed E-state index contributed by atoms with van der Waals surface area (Å²) in [4.78, 5) is 5.67. The lowest BCUT2D eigenvalue weighted by molar-refractivity contribution is 0.492. The topological polar surface area (TPSA) is 30.4 Å². The molecule has 0 saturated carbocycles. The largest absolute Gasteiger partial charge is 0.467 e. The van der Waals surface area contributed by atoms with Crippen molar-refractivity contribution in [2.45, 2.75) is 6.54 Å². The number of furan rings is 1. The molecule has 0 aliphatic rings. The van der Waals surface area contributed by atoms with Crippen LogP contribution in [0.25, 0.3) is 11.3 Å². The Hall–Kier alpha value is -1.79. The standard InChI is InChI=1S/C20H14Cl2N2OS.BrH/c21-17-9-8-14(11-18(17)22)19-13-26-20(23-15-5-2-1-3-6-15)24(19)12-16-7-4-10-25-16;/h1-11,13H,12H2;1H. The molecule has 138 valence electrons. The molecule has 0 N–H and O–H groups in total. The zero-order valence-electron chi connectivity index (χ0n) is 14.0. The van der Waals surface area contributed by atoms with E-state index in [4.69, 9.17) is 32.6 Å². The van der Waals surface area contributed by atoms with Crippen LogP contribution >= 0.6 is 51.5 Å². The molecule has 4 rings (SSSR count). The van der Waals surface area contributed by atoms with Crippen molar-refractivity contribution in [3.63, 3.8) is 0 Å². The minimum absolute atomic E-state index is 0. The SMILES string of the molecule is Br.Clc1ccc(-c2csc(=Nc3ccccc3)n2Cc2ccco2)cc1Cl. The molecule has 3 nitrogen and oxygen atoms in total. The first-order valence-electron chi connectivity index (χ1n) is 7.96. The molecule has 27 heavy (non-hydrogen) atoms. The minimum atomic E-state index is 0. The van der Waals surface area contributed by atoms with E-state index in [9.17, 15) is 0 Å². The fourth-order valence-electron chi connectivity index (χ4n) is 2.63. The van der Waals surface area contributed by atoms with E-state index in [1.54, 1.807) is 17.6 Å². The van der Waals surface area contributed by atoms with Gasteiger partial charge in [-0.25, -0.2) is 4.99 Å². The maximum atomic E-state index is 6.22. The van der Waals surface area contributed by atoms with Gasteiger partial charge in [0.2, 0.25) is 0 Å². The van der Waals surface area contributed by atoms with Gasteiger partial charge in [0.25, 0.3) is 0 Å². The van der Waals surface area contributed by atoms with Crippen molar-refractivity contribution in [2.75, 3.05) is 0 Å². The lowest BCUT2D eigenvalue weighted by atomic mass is 10.1. The highest BCUT2D eigenvalue weighted by Gasteiger charge is 2.11. The van der Waals surface area contributed by atoms with Crippen LogP contribution in [0.2, 0.25) is 10.0 Å². The summed E-state index contributed by atoms with van der Waals surface area (Å²) in [5.41, 5.74) is 2.90. The van der Waals surface area contributed by atoms with Crippen LogP contribution in [0, 0.1) is 0 Å². The number of benzene rings is 2. The normalized spacial score (nSPS) is 11.4. The molecule has 0 unspecified atom stereocenters. The van der Waals surface area contributed by atoms with Crippen molar-refractivity contribution in [3.05, 3.63) is 92.9 Å². The monoisotopic (exact) mass is 480 g/mol. The molecule has 2 aromatic carbocycles. The number of halogens is 3. The van der Waals surface area contributed by atoms with Crippen molar-refractivity contribution in [1.82, 2.24) is 4.57 Å². The number of para-hydroxylation sites is 1. The smallest absolute Gasteiger partial charge is 0.190 e. The van der Waals surface area contributed by atoms with E-state index in [2.05, 4.69) is 9.95 Å². The van der Waals surface area contributed by atoms with Gasteiger partial charge in [-0.1, -0.05) is 47.5 Å². The molecule has 0 spiro atoms. The highest BCUT2D eigenvalue weighted by molar-refractivity contribution is 8.93. The van der Waals surface area contributed by atoms with Crippen molar-refractivity contribution in [2.24, 2.45) is 4.99 Å². The van der Waals surface area contributed by atoms with Gasteiger partial charge in [0.15, 0.2) is 4.80 Å². The minimum Gasteiger partial charge on any atom is -0.467 e.